The highest BCUT2D eigenvalue weighted by Crippen LogP contribution is 2.65. The van der Waals surface area contributed by atoms with E-state index < -0.39 is 93.6 Å². The second-order valence-corrected chi connectivity index (χ2v) is 15.2. The molecule has 6 unspecified atom stereocenters. The van der Waals surface area contributed by atoms with E-state index in [0.29, 0.717) is 28.2 Å². The first-order valence-electron chi connectivity index (χ1n) is 17.3. The summed E-state index contributed by atoms with van der Waals surface area (Å²) in [6, 6.07) is 15.4. The Morgan fingerprint density at radius 1 is 0.754 bits per heavy atom. The first-order chi connectivity index (χ1) is 26.8. The van der Waals surface area contributed by atoms with Gasteiger partial charge in [-0.1, -0.05) is 53.1 Å². The Kier molecular flexibility index (Phi) is 9.00. The van der Waals surface area contributed by atoms with Crippen molar-refractivity contribution in [3.63, 3.8) is 0 Å². The first-order valence-corrected chi connectivity index (χ1v) is 18.1. The minimum absolute atomic E-state index is 0.0416. The molecule has 8 rings (SSSR count). The zero-order valence-corrected chi connectivity index (χ0v) is 30.3. The van der Waals surface area contributed by atoms with Gasteiger partial charge in [0.1, 0.15) is 11.6 Å². The number of allylic oxidation sites excluding steroid dienone is 2. The highest BCUT2D eigenvalue weighted by molar-refractivity contribution is 6.32. The maximum Gasteiger partial charge on any atom is 0.416 e. The summed E-state index contributed by atoms with van der Waals surface area (Å²) in [5.41, 5.74) is -2.40. The highest BCUT2D eigenvalue weighted by atomic mass is 35.5. The molecule has 2 aliphatic carbocycles. The van der Waals surface area contributed by atoms with E-state index in [0.717, 1.165) is 17.1 Å². The minimum atomic E-state index is -5.27. The summed E-state index contributed by atoms with van der Waals surface area (Å²) in [4.78, 5) is 58.7. The van der Waals surface area contributed by atoms with E-state index in [1.807, 2.05) is 0 Å². The number of rotatable bonds is 5. The predicted molar refractivity (Wildman–Crippen MR) is 191 cm³/mol. The molecule has 0 bridgehead atoms. The lowest BCUT2D eigenvalue weighted by molar-refractivity contribution is -0.143. The van der Waals surface area contributed by atoms with Gasteiger partial charge in [0.25, 0.3) is 11.8 Å². The third kappa shape index (κ3) is 6.04. The molecule has 4 aliphatic rings. The van der Waals surface area contributed by atoms with Crippen molar-refractivity contribution in [3.8, 4) is 5.75 Å². The number of imide groups is 2. The molecule has 0 aromatic heterocycles. The molecule has 4 aromatic carbocycles. The van der Waals surface area contributed by atoms with Crippen molar-refractivity contribution in [1.82, 2.24) is 5.01 Å². The first kappa shape index (κ1) is 38.5. The lowest BCUT2D eigenvalue weighted by atomic mass is 9.49. The zero-order valence-electron chi connectivity index (χ0n) is 28.8. The molecule has 4 aromatic rings. The van der Waals surface area contributed by atoms with Crippen LogP contribution in [0.5, 0.6) is 5.75 Å². The Labute approximate surface area is 328 Å². The molecular formula is C40H26Cl2F7N3O5. The van der Waals surface area contributed by atoms with Crippen LogP contribution in [0, 0.1) is 29.5 Å². The van der Waals surface area contributed by atoms with E-state index >= 15 is 4.79 Å². The molecule has 2 aliphatic heterocycles. The summed E-state index contributed by atoms with van der Waals surface area (Å²) in [5.74, 6) is -10.8. The molecule has 17 heteroatoms. The van der Waals surface area contributed by atoms with Crippen LogP contribution in [0.3, 0.4) is 0 Å². The summed E-state index contributed by atoms with van der Waals surface area (Å²) < 4.78 is 97.2. The number of phenols is 1. The fourth-order valence-corrected chi connectivity index (χ4v) is 9.48. The fraction of sp³-hybridized carbons (Fsp3) is 0.250. The smallest absolute Gasteiger partial charge is 0.416 e. The number of halogens is 9. The van der Waals surface area contributed by atoms with Gasteiger partial charge >= 0.3 is 12.4 Å². The van der Waals surface area contributed by atoms with Crippen LogP contribution in [0.15, 0.2) is 96.6 Å². The van der Waals surface area contributed by atoms with Crippen LogP contribution < -0.4 is 10.3 Å². The molecule has 0 radical (unpaired) electrons. The Morgan fingerprint density at radius 3 is 1.98 bits per heavy atom. The second-order valence-electron chi connectivity index (χ2n) is 14.4. The van der Waals surface area contributed by atoms with Crippen molar-refractivity contribution in [2.24, 2.45) is 23.7 Å². The number of nitrogens with zero attached hydrogens (tertiary/aromatic N) is 2. The number of amides is 4. The molecule has 8 nitrogen and oxygen atoms in total. The van der Waals surface area contributed by atoms with Crippen LogP contribution in [-0.4, -0.2) is 33.7 Å². The largest absolute Gasteiger partial charge is 0.508 e. The average Bonchev–Trinajstić information content (AvgIpc) is 3.53. The number of aromatic hydroxyl groups is 1. The lowest BCUT2D eigenvalue weighted by Crippen LogP contribution is -2.53. The third-order valence-corrected chi connectivity index (χ3v) is 12.0. The van der Waals surface area contributed by atoms with Crippen molar-refractivity contribution in [1.29, 1.82) is 0 Å². The summed E-state index contributed by atoms with van der Waals surface area (Å²) in [6.07, 6.45) is -9.43. The van der Waals surface area contributed by atoms with Gasteiger partial charge in [-0.2, -0.15) is 31.4 Å². The summed E-state index contributed by atoms with van der Waals surface area (Å²) in [5, 5.41) is 11.4. The maximum absolute atomic E-state index is 15.2. The van der Waals surface area contributed by atoms with E-state index in [1.54, 1.807) is 18.2 Å². The standard InChI is InChI=1S/C40H26Cl2F7N3O5/c41-21-3-1-18(2-4-21)38-30(35(55)52(37(38)57)50-23-7-5-22(43)6-8-23)17-29-26(33(38)27-10-9-25(53)16-31(27)42)11-12-28-32(29)36(56)51(34(28)54)24-14-19(39(44,45)46)13-20(15-24)40(47,48)49/h1-11,13-16,28-30,32-33,50,53H,12,17H2. The van der Waals surface area contributed by atoms with Gasteiger partial charge in [0.05, 0.1) is 45.7 Å². The predicted octanol–water partition coefficient (Wildman–Crippen LogP) is 9.07. The summed E-state index contributed by atoms with van der Waals surface area (Å²) >= 11 is 13.1. The summed E-state index contributed by atoms with van der Waals surface area (Å²) in [6.45, 7) is 0. The molecule has 3 fully saturated rings. The maximum atomic E-state index is 15.2. The van der Waals surface area contributed by atoms with Gasteiger partial charge < -0.3 is 5.11 Å². The number of alkyl halides is 6. The Bertz CT molecular complexity index is 2370. The van der Waals surface area contributed by atoms with Gasteiger partial charge in [-0.15, -0.1) is 0 Å². The molecule has 2 N–H and O–H groups in total. The number of fused-ring (bicyclic) bond motifs is 4. The Hall–Kier alpha value is -5.41. The number of hydrogen-bond acceptors (Lipinski definition) is 6. The average molecular weight is 833 g/mol. The molecule has 2 heterocycles. The monoisotopic (exact) mass is 831 g/mol. The normalized spacial score (nSPS) is 26.0. The molecule has 294 valence electrons. The van der Waals surface area contributed by atoms with Crippen molar-refractivity contribution >= 4 is 58.2 Å². The quantitative estimate of drug-likeness (QED) is 0.118. The van der Waals surface area contributed by atoms with Crippen LogP contribution in [0.25, 0.3) is 0 Å². The van der Waals surface area contributed by atoms with E-state index in [-0.39, 0.29) is 46.0 Å². The molecule has 57 heavy (non-hydrogen) atoms. The number of anilines is 2. The SMILES string of the molecule is O=C1C2CC3C(=CCC4C(=O)N(c5cc(C(F)(F)F)cc(C(F)(F)F)c5)C(=O)C43)C(c3ccc(O)cc3Cl)C2(c2ccc(Cl)cc2)C(=O)N1Nc1ccc(F)cc1. The van der Waals surface area contributed by atoms with Crippen molar-refractivity contribution < 1.29 is 55.0 Å². The number of nitrogens with one attached hydrogen (secondary N) is 1. The van der Waals surface area contributed by atoms with Crippen LogP contribution in [0.2, 0.25) is 10.0 Å². The Morgan fingerprint density at radius 2 is 1.39 bits per heavy atom. The van der Waals surface area contributed by atoms with Crippen molar-refractivity contribution in [3.05, 3.63) is 135 Å². The molecule has 4 amide bonds. The number of phenolic OH excluding ortho intramolecular Hbond substituents is 1. The van der Waals surface area contributed by atoms with Crippen LogP contribution in [0.4, 0.5) is 42.1 Å². The molecule has 2 saturated heterocycles. The number of hydrazine groups is 1. The Balaban J connectivity index is 1.31. The van der Waals surface area contributed by atoms with Crippen LogP contribution >= 0.6 is 23.2 Å². The summed E-state index contributed by atoms with van der Waals surface area (Å²) in [7, 11) is 0. The number of hydrogen-bond donors (Lipinski definition) is 2. The molecule has 0 spiro atoms. The minimum Gasteiger partial charge on any atom is -0.508 e. The fourth-order valence-electron chi connectivity index (χ4n) is 9.07. The topological polar surface area (TPSA) is 107 Å². The molecular weight excluding hydrogens is 806 g/mol. The number of carbonyl (C=O) groups excluding carboxylic acids is 4. The van der Waals surface area contributed by atoms with Gasteiger partial charge in [0.15, 0.2) is 0 Å². The number of carbonyl (C=O) groups is 4. The highest BCUT2D eigenvalue weighted by Gasteiger charge is 2.70. The van der Waals surface area contributed by atoms with Crippen molar-refractivity contribution in [2.75, 3.05) is 10.3 Å². The van der Waals surface area contributed by atoms with Gasteiger partial charge in [-0.25, -0.2) is 9.29 Å². The van der Waals surface area contributed by atoms with Crippen molar-refractivity contribution in [2.45, 2.75) is 36.5 Å². The van der Waals surface area contributed by atoms with E-state index in [9.17, 15) is 50.2 Å². The second kappa shape index (κ2) is 13.3. The third-order valence-electron chi connectivity index (χ3n) is 11.4. The van der Waals surface area contributed by atoms with E-state index in [1.165, 1.54) is 42.5 Å². The van der Waals surface area contributed by atoms with Gasteiger partial charge in [-0.05, 0) is 96.6 Å². The van der Waals surface area contributed by atoms with Gasteiger partial charge in [-0.3, -0.25) is 24.6 Å². The van der Waals surface area contributed by atoms with Gasteiger partial charge in [0, 0.05) is 16.0 Å². The molecule has 1 saturated carbocycles. The lowest BCUT2D eigenvalue weighted by Gasteiger charge is -2.50. The van der Waals surface area contributed by atoms with Crippen LogP contribution in [0.1, 0.15) is 41.0 Å². The zero-order chi connectivity index (χ0) is 40.9. The van der Waals surface area contributed by atoms with E-state index in [4.69, 9.17) is 23.2 Å². The van der Waals surface area contributed by atoms with Gasteiger partial charge in [0.2, 0.25) is 11.8 Å². The van der Waals surface area contributed by atoms with Crippen LogP contribution in [-0.2, 0) is 36.9 Å². The number of benzene rings is 4. The molecule has 6 atom stereocenters. The van der Waals surface area contributed by atoms with E-state index in [2.05, 4.69) is 5.43 Å².